The molecular weight excluding hydrogens is 773 g/mol. The van der Waals surface area contributed by atoms with Crippen LogP contribution in [0.15, 0.2) is 223 Å². The first-order valence-electron chi connectivity index (χ1n) is 22.4. The van der Waals surface area contributed by atoms with Gasteiger partial charge in [0.15, 0.2) is 0 Å². The molecule has 0 atom stereocenters. The maximum Gasteiger partial charge on any atom is 0.135 e. The molecule has 0 saturated carbocycles. The van der Waals surface area contributed by atoms with E-state index in [1.54, 1.807) is 0 Å². The van der Waals surface area contributed by atoms with Crippen LogP contribution in [0.3, 0.4) is 0 Å². The largest absolute Gasteiger partial charge is 0.456 e. The van der Waals surface area contributed by atoms with Crippen molar-refractivity contribution in [2.24, 2.45) is 0 Å². The van der Waals surface area contributed by atoms with E-state index in [0.717, 1.165) is 11.2 Å². The third-order valence-electron chi connectivity index (χ3n) is 12.6. The third kappa shape index (κ3) is 8.77. The predicted molar refractivity (Wildman–Crippen MR) is 274 cm³/mol. The highest BCUT2D eigenvalue weighted by atomic mass is 16.3. The number of hydrogen-bond acceptors (Lipinski definition) is 1. The second kappa shape index (κ2) is 18.1. The summed E-state index contributed by atoms with van der Waals surface area (Å²) >= 11 is 0. The molecule has 0 saturated heterocycles. The van der Waals surface area contributed by atoms with Crippen molar-refractivity contribution in [1.29, 1.82) is 0 Å². The van der Waals surface area contributed by atoms with E-state index in [1.807, 2.05) is 36.4 Å². The fourth-order valence-electron chi connectivity index (χ4n) is 8.96. The Bertz CT molecular complexity index is 3230. The standard InChI is InChI=1S/C34H28.C16H16.C13H10O/c1-25(2)32-22-33(30-18-14-28(15-19-30)26-10-6-3-4-7-11-26)24-34(23-32)31-20-16-29(17-21-31)27-12-8-5-9-13-27;1-11-8-9-13-12-6-4-5-7-14(12)16(2,3)15(13)10-11;1-9-6-7-11-10-4-2-3-5-12(10)14-13(11)8-9/h3,5-25H,1-2H3;4-10H,1-3H3;2-8H,1H3. The Morgan fingerprint density at radius 3 is 1.73 bits per heavy atom. The van der Waals surface area contributed by atoms with Gasteiger partial charge in [-0.1, -0.05) is 209 Å². The molecule has 312 valence electrons. The zero-order chi connectivity index (χ0) is 44.2. The first-order chi connectivity index (χ1) is 31.1. The molecule has 1 nitrogen and oxygen atoms in total. The van der Waals surface area contributed by atoms with Gasteiger partial charge in [0.25, 0.3) is 0 Å². The van der Waals surface area contributed by atoms with Crippen LogP contribution in [0.4, 0.5) is 0 Å². The summed E-state index contributed by atoms with van der Waals surface area (Å²) in [7, 11) is 0. The third-order valence-corrected chi connectivity index (χ3v) is 12.6. The SMILES string of the molecule is CC(C)c1cc(-c2ccc(C3=CC=C=CC=C3)cc2)cc(-c2ccc(-c3ccccc3)cc2)c1.Cc1ccc2c(c1)C(C)(C)c1ccccc1-2.Cc1ccc2c(c1)oc1ccccc12. The Balaban J connectivity index is 0.000000141. The van der Waals surface area contributed by atoms with Crippen LogP contribution in [0.25, 0.3) is 72.0 Å². The Hall–Kier alpha value is -7.44. The number of aryl methyl sites for hydroxylation is 2. The van der Waals surface area contributed by atoms with Crippen molar-refractivity contribution in [3.63, 3.8) is 0 Å². The molecule has 11 rings (SSSR count). The molecule has 2 aliphatic carbocycles. The van der Waals surface area contributed by atoms with Crippen LogP contribution in [-0.2, 0) is 5.41 Å². The lowest BCUT2D eigenvalue weighted by molar-refractivity contribution is 0.660. The first kappa shape index (κ1) is 41.9. The van der Waals surface area contributed by atoms with Crippen LogP contribution in [0.2, 0.25) is 0 Å². The minimum Gasteiger partial charge on any atom is -0.456 e. The molecule has 0 radical (unpaired) electrons. The van der Waals surface area contributed by atoms with Crippen molar-refractivity contribution in [3.05, 3.63) is 251 Å². The van der Waals surface area contributed by atoms with Crippen LogP contribution in [0.1, 0.15) is 67.0 Å². The van der Waals surface area contributed by atoms with E-state index in [4.69, 9.17) is 4.42 Å². The van der Waals surface area contributed by atoms with Crippen LogP contribution in [-0.4, -0.2) is 0 Å². The van der Waals surface area contributed by atoms with Gasteiger partial charge in [0.05, 0.1) is 0 Å². The molecule has 2 aliphatic rings. The molecule has 0 amide bonds. The minimum absolute atomic E-state index is 0.151. The van der Waals surface area contributed by atoms with Gasteiger partial charge in [0.1, 0.15) is 11.2 Å². The summed E-state index contributed by atoms with van der Waals surface area (Å²) in [5.74, 6) is 0.460. The molecule has 0 fully saturated rings. The molecule has 8 aromatic carbocycles. The molecule has 0 bridgehead atoms. The molecule has 0 unspecified atom stereocenters. The average molecular weight is 827 g/mol. The quantitative estimate of drug-likeness (QED) is 0.158. The Morgan fingerprint density at radius 1 is 0.453 bits per heavy atom. The second-order valence-corrected chi connectivity index (χ2v) is 17.8. The topological polar surface area (TPSA) is 13.1 Å². The molecule has 1 aromatic heterocycles. The van der Waals surface area contributed by atoms with Gasteiger partial charge in [-0.25, -0.2) is 0 Å². The van der Waals surface area contributed by atoms with E-state index in [-0.39, 0.29) is 5.41 Å². The fourth-order valence-corrected chi connectivity index (χ4v) is 8.96. The number of hydrogen-bond donors (Lipinski definition) is 0. The number of furan rings is 1. The fraction of sp³-hybridized carbons (Fsp3) is 0.127. The molecule has 0 N–H and O–H groups in total. The number of rotatable bonds is 5. The molecule has 64 heavy (non-hydrogen) atoms. The van der Waals surface area contributed by atoms with Crippen molar-refractivity contribution in [2.45, 2.75) is 52.9 Å². The minimum atomic E-state index is 0.151. The Kier molecular flexibility index (Phi) is 11.9. The number of allylic oxidation sites excluding steroid dienone is 5. The zero-order valence-electron chi connectivity index (χ0n) is 37.7. The Morgan fingerprint density at radius 2 is 1.02 bits per heavy atom. The summed E-state index contributed by atoms with van der Waals surface area (Å²) < 4.78 is 5.73. The monoisotopic (exact) mass is 826 g/mol. The molecular formula is C63H54O. The van der Waals surface area contributed by atoms with Crippen molar-refractivity contribution in [3.8, 4) is 44.5 Å². The highest BCUT2D eigenvalue weighted by Gasteiger charge is 2.34. The maximum absolute atomic E-state index is 5.73. The van der Waals surface area contributed by atoms with Gasteiger partial charge in [-0.2, -0.15) is 0 Å². The number of fused-ring (bicyclic) bond motifs is 6. The van der Waals surface area contributed by atoms with E-state index in [0.29, 0.717) is 5.92 Å². The van der Waals surface area contributed by atoms with Gasteiger partial charge in [-0.15, -0.1) is 5.73 Å². The van der Waals surface area contributed by atoms with E-state index in [9.17, 15) is 0 Å². The van der Waals surface area contributed by atoms with Gasteiger partial charge >= 0.3 is 0 Å². The molecule has 1 heteroatoms. The first-order valence-corrected chi connectivity index (χ1v) is 22.4. The van der Waals surface area contributed by atoms with Gasteiger partial charge in [-0.3, -0.25) is 0 Å². The van der Waals surface area contributed by atoms with E-state index < -0.39 is 0 Å². The summed E-state index contributed by atoms with van der Waals surface area (Å²) in [5, 5.41) is 2.40. The van der Waals surface area contributed by atoms with Crippen LogP contribution >= 0.6 is 0 Å². The Labute approximate surface area is 379 Å². The summed E-state index contributed by atoms with van der Waals surface area (Å²) in [6.45, 7) is 13.4. The normalized spacial score (nSPS) is 13.1. The van der Waals surface area contributed by atoms with Crippen molar-refractivity contribution in [2.75, 3.05) is 0 Å². The lowest BCUT2D eigenvalue weighted by Gasteiger charge is -2.21. The maximum atomic E-state index is 5.73. The average Bonchev–Trinajstić information content (AvgIpc) is 3.62. The summed E-state index contributed by atoms with van der Waals surface area (Å²) in [6.07, 6.45) is 10.2. The van der Waals surface area contributed by atoms with Gasteiger partial charge in [-0.05, 0) is 134 Å². The molecule has 0 spiro atoms. The molecule has 9 aromatic rings. The van der Waals surface area contributed by atoms with E-state index in [1.165, 1.54) is 94.2 Å². The zero-order valence-corrected chi connectivity index (χ0v) is 37.7. The van der Waals surface area contributed by atoms with E-state index >= 15 is 0 Å². The summed E-state index contributed by atoms with van der Waals surface area (Å²) in [5.41, 5.74) is 24.8. The molecule has 0 aliphatic heterocycles. The smallest absolute Gasteiger partial charge is 0.135 e. The van der Waals surface area contributed by atoms with Gasteiger partial charge in [0, 0.05) is 16.2 Å². The molecule has 1 heterocycles. The summed E-state index contributed by atoms with van der Waals surface area (Å²) in [4.78, 5) is 0. The van der Waals surface area contributed by atoms with Gasteiger partial charge in [0.2, 0.25) is 0 Å². The number of benzene rings is 8. The lowest BCUT2D eigenvalue weighted by Crippen LogP contribution is -2.14. The van der Waals surface area contributed by atoms with Crippen molar-refractivity contribution in [1.82, 2.24) is 0 Å². The van der Waals surface area contributed by atoms with Crippen molar-refractivity contribution < 1.29 is 4.42 Å². The van der Waals surface area contributed by atoms with Crippen molar-refractivity contribution >= 4 is 27.5 Å². The predicted octanol–water partition coefficient (Wildman–Crippen LogP) is 17.7. The van der Waals surface area contributed by atoms with Crippen LogP contribution < -0.4 is 0 Å². The van der Waals surface area contributed by atoms with Gasteiger partial charge < -0.3 is 4.42 Å². The van der Waals surface area contributed by atoms with Crippen LogP contribution in [0, 0.1) is 13.8 Å². The lowest BCUT2D eigenvalue weighted by atomic mass is 9.82. The number of para-hydroxylation sites is 1. The highest BCUT2D eigenvalue weighted by molar-refractivity contribution is 6.04. The highest BCUT2D eigenvalue weighted by Crippen LogP contribution is 2.48. The van der Waals surface area contributed by atoms with E-state index in [2.05, 4.69) is 223 Å². The van der Waals surface area contributed by atoms with Crippen LogP contribution in [0.5, 0.6) is 0 Å². The second-order valence-electron chi connectivity index (χ2n) is 17.8. The summed E-state index contributed by atoms with van der Waals surface area (Å²) in [6, 6.07) is 65.3.